The van der Waals surface area contributed by atoms with Crippen molar-refractivity contribution in [3.63, 3.8) is 0 Å². The highest BCUT2D eigenvalue weighted by Gasteiger charge is 2.13. The summed E-state index contributed by atoms with van der Waals surface area (Å²) < 4.78 is 8.11. The molecule has 0 aliphatic carbocycles. The van der Waals surface area contributed by atoms with Crippen molar-refractivity contribution in [1.29, 1.82) is 0 Å². The summed E-state index contributed by atoms with van der Waals surface area (Å²) in [4.78, 5) is 24.7. The first-order valence-corrected chi connectivity index (χ1v) is 7.62. The van der Waals surface area contributed by atoms with Gasteiger partial charge in [0.2, 0.25) is 5.91 Å². The van der Waals surface area contributed by atoms with Crippen molar-refractivity contribution in [1.82, 2.24) is 9.13 Å². The van der Waals surface area contributed by atoms with Gasteiger partial charge in [-0.1, -0.05) is 24.3 Å². The van der Waals surface area contributed by atoms with Crippen molar-refractivity contribution in [3.8, 4) is 0 Å². The molecule has 3 aromatic rings. The van der Waals surface area contributed by atoms with Gasteiger partial charge >= 0.3 is 5.69 Å². The van der Waals surface area contributed by atoms with E-state index in [-0.39, 0.29) is 18.1 Å². The SMILES string of the molecule is COCc1cccc(NC(=O)Cn2c(=O)n(C)c3ccccc32)c1. The summed E-state index contributed by atoms with van der Waals surface area (Å²) in [5, 5.41) is 2.83. The number of carbonyl (C=O) groups excluding carboxylic acids is 1. The van der Waals surface area contributed by atoms with Crippen molar-refractivity contribution < 1.29 is 9.53 Å². The molecule has 0 saturated carbocycles. The van der Waals surface area contributed by atoms with Gasteiger partial charge in [-0.05, 0) is 29.8 Å². The van der Waals surface area contributed by atoms with E-state index in [0.29, 0.717) is 12.3 Å². The van der Waals surface area contributed by atoms with Crippen LogP contribution in [0.15, 0.2) is 53.3 Å². The van der Waals surface area contributed by atoms with Crippen LogP contribution in [0, 0.1) is 0 Å². The molecule has 0 bridgehead atoms. The van der Waals surface area contributed by atoms with E-state index >= 15 is 0 Å². The van der Waals surface area contributed by atoms with Gasteiger partial charge in [0.1, 0.15) is 6.54 Å². The van der Waals surface area contributed by atoms with Crippen LogP contribution in [0.3, 0.4) is 0 Å². The Morgan fingerprint density at radius 1 is 1.12 bits per heavy atom. The summed E-state index contributed by atoms with van der Waals surface area (Å²) >= 11 is 0. The van der Waals surface area contributed by atoms with Gasteiger partial charge in [0.25, 0.3) is 0 Å². The number of aromatic nitrogens is 2. The molecular formula is C18H19N3O3. The normalized spacial score (nSPS) is 10.9. The highest BCUT2D eigenvalue weighted by molar-refractivity contribution is 5.91. The molecule has 0 unspecified atom stereocenters. The number of amides is 1. The lowest BCUT2D eigenvalue weighted by molar-refractivity contribution is -0.116. The summed E-state index contributed by atoms with van der Waals surface area (Å²) in [6, 6.07) is 14.9. The number of hydrogen-bond donors (Lipinski definition) is 1. The minimum atomic E-state index is -0.247. The quantitative estimate of drug-likeness (QED) is 0.781. The molecule has 0 atom stereocenters. The summed E-state index contributed by atoms with van der Waals surface area (Å²) in [6.45, 7) is 0.446. The number of fused-ring (bicyclic) bond motifs is 1. The zero-order chi connectivity index (χ0) is 17.1. The van der Waals surface area contributed by atoms with Crippen LogP contribution in [-0.4, -0.2) is 22.2 Å². The molecule has 0 spiro atoms. The number of anilines is 1. The monoisotopic (exact) mass is 325 g/mol. The Bertz CT molecular complexity index is 940. The summed E-state index contributed by atoms with van der Waals surface area (Å²) in [6.07, 6.45) is 0. The van der Waals surface area contributed by atoms with Crippen LogP contribution in [0.25, 0.3) is 11.0 Å². The number of nitrogens with one attached hydrogen (secondary N) is 1. The maximum absolute atomic E-state index is 12.3. The topological polar surface area (TPSA) is 65.3 Å². The van der Waals surface area contributed by atoms with E-state index in [1.807, 2.05) is 48.5 Å². The first-order valence-electron chi connectivity index (χ1n) is 7.62. The number of rotatable bonds is 5. The van der Waals surface area contributed by atoms with Crippen molar-refractivity contribution in [2.45, 2.75) is 13.2 Å². The van der Waals surface area contributed by atoms with Gasteiger partial charge in [0, 0.05) is 19.8 Å². The number of para-hydroxylation sites is 2. The fourth-order valence-corrected chi connectivity index (χ4v) is 2.77. The molecule has 1 aromatic heterocycles. The molecule has 0 aliphatic rings. The molecule has 0 radical (unpaired) electrons. The lowest BCUT2D eigenvalue weighted by Gasteiger charge is -2.08. The van der Waals surface area contributed by atoms with E-state index in [1.54, 1.807) is 18.7 Å². The van der Waals surface area contributed by atoms with Crippen LogP contribution >= 0.6 is 0 Å². The number of hydrogen-bond acceptors (Lipinski definition) is 3. The van der Waals surface area contributed by atoms with Crippen LogP contribution in [0.1, 0.15) is 5.56 Å². The molecule has 124 valence electrons. The minimum Gasteiger partial charge on any atom is -0.380 e. The summed E-state index contributed by atoms with van der Waals surface area (Å²) in [5.74, 6) is -0.247. The van der Waals surface area contributed by atoms with E-state index in [1.165, 1.54) is 4.57 Å². The second-order valence-electron chi connectivity index (χ2n) is 5.60. The predicted molar refractivity (Wildman–Crippen MR) is 93.0 cm³/mol. The first-order chi connectivity index (χ1) is 11.6. The number of imidazole rings is 1. The molecule has 24 heavy (non-hydrogen) atoms. The fraction of sp³-hybridized carbons (Fsp3) is 0.222. The van der Waals surface area contributed by atoms with Crippen LogP contribution < -0.4 is 11.0 Å². The van der Waals surface area contributed by atoms with Crippen molar-refractivity contribution >= 4 is 22.6 Å². The number of nitrogens with zero attached hydrogens (tertiary/aromatic N) is 2. The molecule has 3 rings (SSSR count). The molecule has 6 heteroatoms. The van der Waals surface area contributed by atoms with Crippen LogP contribution in [0.5, 0.6) is 0 Å². The summed E-state index contributed by atoms with van der Waals surface area (Å²) in [7, 11) is 3.32. The molecule has 0 fully saturated rings. The van der Waals surface area contributed by atoms with E-state index < -0.39 is 0 Å². The van der Waals surface area contributed by atoms with Crippen molar-refractivity contribution in [3.05, 3.63) is 64.6 Å². The average molecular weight is 325 g/mol. The van der Waals surface area contributed by atoms with Crippen LogP contribution in [0.2, 0.25) is 0 Å². The molecule has 1 heterocycles. The fourth-order valence-electron chi connectivity index (χ4n) is 2.77. The lowest BCUT2D eigenvalue weighted by Crippen LogP contribution is -2.28. The Hall–Kier alpha value is -2.86. The molecule has 1 amide bonds. The third kappa shape index (κ3) is 3.09. The Labute approximate surface area is 139 Å². The average Bonchev–Trinajstić information content (AvgIpc) is 2.81. The van der Waals surface area contributed by atoms with Gasteiger partial charge in [-0.25, -0.2) is 4.79 Å². The van der Waals surface area contributed by atoms with Crippen LogP contribution in [-0.2, 0) is 29.7 Å². The van der Waals surface area contributed by atoms with Crippen molar-refractivity contribution in [2.24, 2.45) is 7.05 Å². The minimum absolute atomic E-state index is 0.0330. The van der Waals surface area contributed by atoms with E-state index in [2.05, 4.69) is 5.32 Å². The third-order valence-corrected chi connectivity index (χ3v) is 3.88. The highest BCUT2D eigenvalue weighted by Crippen LogP contribution is 2.13. The predicted octanol–water partition coefficient (Wildman–Crippen LogP) is 2.13. The Morgan fingerprint density at radius 3 is 2.62 bits per heavy atom. The second-order valence-corrected chi connectivity index (χ2v) is 5.60. The van der Waals surface area contributed by atoms with Gasteiger partial charge in [0.05, 0.1) is 17.6 Å². The maximum atomic E-state index is 12.3. The number of carbonyl (C=O) groups is 1. The zero-order valence-electron chi connectivity index (χ0n) is 13.7. The number of benzene rings is 2. The third-order valence-electron chi connectivity index (χ3n) is 3.88. The van der Waals surface area contributed by atoms with Crippen LogP contribution in [0.4, 0.5) is 5.69 Å². The Kier molecular flexibility index (Phi) is 4.48. The molecule has 2 aromatic carbocycles. The molecule has 0 aliphatic heterocycles. The van der Waals surface area contributed by atoms with Gasteiger partial charge in [-0.2, -0.15) is 0 Å². The standard InChI is InChI=1S/C18H19N3O3/c1-20-15-8-3-4-9-16(15)21(18(20)23)11-17(22)19-14-7-5-6-13(10-14)12-24-2/h3-10H,11-12H2,1-2H3,(H,19,22). The summed E-state index contributed by atoms with van der Waals surface area (Å²) in [5.41, 5.74) is 2.99. The smallest absolute Gasteiger partial charge is 0.329 e. The van der Waals surface area contributed by atoms with Gasteiger partial charge < -0.3 is 10.1 Å². The molecule has 6 nitrogen and oxygen atoms in total. The lowest BCUT2D eigenvalue weighted by atomic mass is 10.2. The van der Waals surface area contributed by atoms with E-state index in [9.17, 15) is 9.59 Å². The first kappa shape index (κ1) is 16.0. The largest absolute Gasteiger partial charge is 0.380 e. The molecule has 1 N–H and O–H groups in total. The van der Waals surface area contributed by atoms with Crippen molar-refractivity contribution in [2.75, 3.05) is 12.4 Å². The molecular weight excluding hydrogens is 306 g/mol. The number of methoxy groups -OCH3 is 1. The van der Waals surface area contributed by atoms with Gasteiger partial charge in [0.15, 0.2) is 0 Å². The maximum Gasteiger partial charge on any atom is 0.329 e. The van der Waals surface area contributed by atoms with E-state index in [0.717, 1.165) is 16.6 Å². The second kappa shape index (κ2) is 6.72. The zero-order valence-corrected chi connectivity index (χ0v) is 13.7. The van der Waals surface area contributed by atoms with Gasteiger partial charge in [-0.15, -0.1) is 0 Å². The van der Waals surface area contributed by atoms with E-state index in [4.69, 9.17) is 4.74 Å². The number of aryl methyl sites for hydroxylation is 1. The number of ether oxygens (including phenoxy) is 1. The molecule has 0 saturated heterocycles. The Balaban J connectivity index is 1.82. The Morgan fingerprint density at radius 2 is 1.88 bits per heavy atom. The van der Waals surface area contributed by atoms with Gasteiger partial charge in [-0.3, -0.25) is 13.9 Å². The highest BCUT2D eigenvalue weighted by atomic mass is 16.5.